The van der Waals surface area contributed by atoms with Crippen LogP contribution >= 0.6 is 0 Å². The second-order valence-corrected chi connectivity index (χ2v) is 9.86. The number of allylic oxidation sites excluding steroid dienone is 5. The van der Waals surface area contributed by atoms with Crippen LogP contribution in [0.25, 0.3) is 0 Å². The number of anilines is 3. The summed E-state index contributed by atoms with van der Waals surface area (Å²) in [7, 11) is 0. The van der Waals surface area contributed by atoms with Crippen molar-refractivity contribution in [1.29, 1.82) is 0 Å². The van der Waals surface area contributed by atoms with E-state index in [4.69, 9.17) is 0 Å². The van der Waals surface area contributed by atoms with Gasteiger partial charge in [0.25, 0.3) is 5.91 Å². The van der Waals surface area contributed by atoms with Gasteiger partial charge in [-0.05, 0) is 65.5 Å². The van der Waals surface area contributed by atoms with Gasteiger partial charge in [0.1, 0.15) is 29.5 Å². The Bertz CT molecular complexity index is 1300. The third-order valence-corrected chi connectivity index (χ3v) is 6.41. The number of carbonyl (C=O) groups is 2. The minimum Gasteiger partial charge on any atom is -0.508 e. The van der Waals surface area contributed by atoms with E-state index in [-0.39, 0.29) is 48.1 Å². The number of benzene rings is 2. The number of aromatic hydroxyl groups is 3. The van der Waals surface area contributed by atoms with E-state index in [1.54, 1.807) is 0 Å². The van der Waals surface area contributed by atoms with Crippen molar-refractivity contribution in [2.45, 2.75) is 60.8 Å². The second kappa shape index (κ2) is 13.6. The molecule has 39 heavy (non-hydrogen) atoms. The van der Waals surface area contributed by atoms with Crippen molar-refractivity contribution in [2.75, 3.05) is 22.9 Å². The zero-order valence-electron chi connectivity index (χ0n) is 22.4. The maximum absolute atomic E-state index is 13.7. The zero-order valence-corrected chi connectivity index (χ0v) is 22.4. The molecule has 0 aliphatic carbocycles. The molecule has 3 rings (SSSR count). The highest BCUT2D eigenvalue weighted by molar-refractivity contribution is 6.16. The fourth-order valence-corrected chi connectivity index (χ4v) is 4.49. The molecule has 1 aliphatic heterocycles. The Kier molecular flexibility index (Phi) is 10.8. The summed E-state index contributed by atoms with van der Waals surface area (Å²) in [6.07, 6.45) is 10.0. The second-order valence-electron chi connectivity index (χ2n) is 9.86. The van der Waals surface area contributed by atoms with Crippen LogP contribution in [0.4, 0.5) is 17.1 Å². The Labute approximate surface area is 230 Å². The Balaban J connectivity index is 0.00000533. The van der Waals surface area contributed by atoms with Crippen LogP contribution in [0.15, 0.2) is 65.3 Å². The Morgan fingerprint density at radius 1 is 0.846 bits per heavy atom. The number of carbonyl (C=O) groups excluding carboxylic acids is 1. The molecule has 1 heterocycles. The predicted molar refractivity (Wildman–Crippen MR) is 156 cm³/mol. The minimum atomic E-state index is -1.22. The topological polar surface area (TPSA) is 122 Å². The summed E-state index contributed by atoms with van der Waals surface area (Å²) in [6, 6.07) is 6.75. The van der Waals surface area contributed by atoms with E-state index < -0.39 is 24.2 Å². The maximum Gasteiger partial charge on any atom is 0.323 e. The maximum atomic E-state index is 13.7. The standard InChI is InChI=1S/C30H36N2O6.CH4/c1-19(2)8-5-9-20(3)10-6-11-21(4)14-15-31-24-16-22(33)17-26(35)29(24)32(18-27(36)37)28-23(30(31)38)12-7-13-25(28)34;/h7-8,10,12-14,16-17,33-35H,5-6,9,11,15,18H2,1-4H3,(H,36,37);1H4/b20-10+,21-14+;. The number of para-hydroxylation sites is 1. The third-order valence-electron chi connectivity index (χ3n) is 6.41. The summed E-state index contributed by atoms with van der Waals surface area (Å²) < 4.78 is 0. The lowest BCUT2D eigenvalue weighted by atomic mass is 10.1. The van der Waals surface area contributed by atoms with Crippen LogP contribution in [0.2, 0.25) is 0 Å². The van der Waals surface area contributed by atoms with Crippen LogP contribution in [0.1, 0.15) is 71.2 Å². The molecule has 0 spiro atoms. The number of amides is 1. The van der Waals surface area contributed by atoms with Crippen molar-refractivity contribution in [1.82, 2.24) is 0 Å². The predicted octanol–water partition coefficient (Wildman–Crippen LogP) is 7.04. The van der Waals surface area contributed by atoms with Crippen LogP contribution in [0.3, 0.4) is 0 Å². The molecule has 0 saturated heterocycles. The molecule has 0 radical (unpaired) electrons. The molecule has 0 fully saturated rings. The van der Waals surface area contributed by atoms with Crippen LogP contribution in [-0.2, 0) is 4.79 Å². The molecule has 1 amide bonds. The minimum absolute atomic E-state index is 0. The van der Waals surface area contributed by atoms with Gasteiger partial charge in [-0.15, -0.1) is 0 Å². The van der Waals surface area contributed by atoms with E-state index >= 15 is 0 Å². The molecule has 0 aromatic heterocycles. The Morgan fingerprint density at radius 2 is 1.49 bits per heavy atom. The van der Waals surface area contributed by atoms with E-state index in [1.165, 1.54) is 45.2 Å². The smallest absolute Gasteiger partial charge is 0.323 e. The fourth-order valence-electron chi connectivity index (χ4n) is 4.49. The molecule has 0 atom stereocenters. The lowest BCUT2D eigenvalue weighted by Gasteiger charge is -2.27. The average Bonchev–Trinajstić information content (AvgIpc) is 2.91. The molecule has 8 heteroatoms. The lowest BCUT2D eigenvalue weighted by molar-refractivity contribution is -0.135. The number of nitrogens with zero attached hydrogens (tertiary/aromatic N) is 2. The lowest BCUT2D eigenvalue weighted by Crippen LogP contribution is -2.30. The molecular formula is C31H40N2O6. The fraction of sp³-hybridized carbons (Fsp3) is 0.355. The first-order valence-corrected chi connectivity index (χ1v) is 12.6. The van der Waals surface area contributed by atoms with Crippen molar-refractivity contribution in [3.05, 3.63) is 70.8 Å². The Hall–Kier alpha value is -4.20. The molecular weight excluding hydrogens is 496 g/mol. The first-order chi connectivity index (χ1) is 18.0. The molecule has 2 aromatic rings. The normalized spacial score (nSPS) is 13.3. The van der Waals surface area contributed by atoms with E-state index in [2.05, 4.69) is 32.9 Å². The summed E-state index contributed by atoms with van der Waals surface area (Å²) in [5, 5.41) is 41.2. The third kappa shape index (κ3) is 7.66. The summed E-state index contributed by atoms with van der Waals surface area (Å²) in [6.45, 7) is 7.79. The summed E-state index contributed by atoms with van der Waals surface area (Å²) in [4.78, 5) is 28.0. The van der Waals surface area contributed by atoms with Gasteiger partial charge in [0.2, 0.25) is 0 Å². The Morgan fingerprint density at radius 3 is 2.13 bits per heavy atom. The number of rotatable bonds is 10. The van der Waals surface area contributed by atoms with Gasteiger partial charge >= 0.3 is 5.97 Å². The van der Waals surface area contributed by atoms with Crippen molar-refractivity contribution in [2.24, 2.45) is 0 Å². The van der Waals surface area contributed by atoms with Gasteiger partial charge < -0.3 is 30.2 Å². The van der Waals surface area contributed by atoms with E-state index in [0.717, 1.165) is 37.3 Å². The van der Waals surface area contributed by atoms with Gasteiger partial charge in [-0.2, -0.15) is 0 Å². The highest BCUT2D eigenvalue weighted by atomic mass is 16.4. The summed E-state index contributed by atoms with van der Waals surface area (Å²) in [5.41, 5.74) is 3.92. The van der Waals surface area contributed by atoms with Gasteiger partial charge in [-0.1, -0.05) is 48.4 Å². The monoisotopic (exact) mass is 536 g/mol. The molecule has 8 nitrogen and oxygen atoms in total. The van der Waals surface area contributed by atoms with E-state index in [0.29, 0.717) is 0 Å². The van der Waals surface area contributed by atoms with Crippen molar-refractivity contribution in [3.63, 3.8) is 0 Å². The highest BCUT2D eigenvalue weighted by Gasteiger charge is 2.35. The molecule has 0 unspecified atom stereocenters. The summed E-state index contributed by atoms with van der Waals surface area (Å²) in [5.74, 6) is -2.70. The number of fused-ring (bicyclic) bond motifs is 2. The quantitative estimate of drug-likeness (QED) is 0.240. The SMILES string of the molecule is C.CC(C)=CCC/C(C)=C/CC/C(C)=C/CN1C(=O)c2cccc(O)c2N(CC(=O)O)c2c(O)cc(O)cc21. The van der Waals surface area contributed by atoms with Crippen LogP contribution in [0.5, 0.6) is 17.2 Å². The van der Waals surface area contributed by atoms with Gasteiger partial charge in [0, 0.05) is 18.7 Å². The number of phenols is 3. The van der Waals surface area contributed by atoms with Gasteiger partial charge in [-0.25, -0.2) is 0 Å². The zero-order chi connectivity index (χ0) is 28.0. The largest absolute Gasteiger partial charge is 0.508 e. The number of hydrogen-bond donors (Lipinski definition) is 4. The number of carboxylic acids is 1. The van der Waals surface area contributed by atoms with E-state index in [9.17, 15) is 30.0 Å². The van der Waals surface area contributed by atoms with Gasteiger partial charge in [-0.3, -0.25) is 9.59 Å². The first-order valence-electron chi connectivity index (χ1n) is 12.6. The van der Waals surface area contributed by atoms with Crippen LogP contribution in [-0.4, -0.2) is 45.4 Å². The van der Waals surface area contributed by atoms with E-state index in [1.807, 2.05) is 13.0 Å². The molecule has 4 N–H and O–H groups in total. The van der Waals surface area contributed by atoms with Crippen molar-refractivity contribution < 1.29 is 30.0 Å². The first kappa shape index (κ1) is 31.0. The van der Waals surface area contributed by atoms with Crippen molar-refractivity contribution >= 4 is 28.9 Å². The number of phenolic OH excluding ortho intramolecular Hbond substituents is 3. The molecule has 1 aliphatic rings. The van der Waals surface area contributed by atoms with Gasteiger partial charge in [0.05, 0.1) is 16.9 Å². The summed E-state index contributed by atoms with van der Waals surface area (Å²) >= 11 is 0. The molecule has 210 valence electrons. The number of aliphatic carboxylic acids is 1. The molecule has 0 bridgehead atoms. The van der Waals surface area contributed by atoms with Crippen molar-refractivity contribution in [3.8, 4) is 17.2 Å². The number of hydrogen-bond acceptors (Lipinski definition) is 6. The average molecular weight is 537 g/mol. The highest BCUT2D eigenvalue weighted by Crippen LogP contribution is 2.49. The van der Waals surface area contributed by atoms with Crippen LogP contribution in [0, 0.1) is 0 Å². The molecule has 2 aromatic carbocycles. The number of carboxylic acid groups (broad SMARTS) is 1. The van der Waals surface area contributed by atoms with Gasteiger partial charge in [0.15, 0.2) is 0 Å². The van der Waals surface area contributed by atoms with Crippen LogP contribution < -0.4 is 9.80 Å². The molecule has 0 saturated carbocycles.